The third-order valence-electron chi connectivity index (χ3n) is 5.76. The molecule has 0 radical (unpaired) electrons. The molecule has 1 N–H and O–H groups in total. The average molecular weight is 523 g/mol. The monoisotopic (exact) mass is 522 g/mol. The van der Waals surface area contributed by atoms with Gasteiger partial charge >= 0.3 is 0 Å². The first-order chi connectivity index (χ1) is 18.5. The van der Waals surface area contributed by atoms with Crippen LogP contribution in [0.25, 0.3) is 22.3 Å². The van der Waals surface area contributed by atoms with Gasteiger partial charge in [0.15, 0.2) is 12.4 Å². The van der Waals surface area contributed by atoms with Crippen LogP contribution in [0.1, 0.15) is 11.1 Å². The third kappa shape index (κ3) is 5.63. The fraction of sp³-hybridized carbons (Fsp3) is 0.0667. The van der Waals surface area contributed by atoms with E-state index in [2.05, 4.69) is 10.4 Å². The number of rotatable bonds is 7. The number of aryl methyl sites for hydroxylation is 1. The van der Waals surface area contributed by atoms with Gasteiger partial charge in [0, 0.05) is 11.3 Å². The minimum atomic E-state index is -0.299. The second kappa shape index (κ2) is 11.1. The van der Waals surface area contributed by atoms with Crippen molar-refractivity contribution in [2.24, 2.45) is 5.10 Å². The van der Waals surface area contributed by atoms with Crippen molar-refractivity contribution in [1.29, 1.82) is 0 Å². The van der Waals surface area contributed by atoms with Crippen LogP contribution in [0.15, 0.2) is 107 Å². The summed E-state index contributed by atoms with van der Waals surface area (Å²) in [6.45, 7) is 1.78. The van der Waals surface area contributed by atoms with E-state index >= 15 is 0 Å². The molecule has 8 heteroatoms. The van der Waals surface area contributed by atoms with Gasteiger partial charge in [-0.15, -0.1) is 0 Å². The third-order valence-corrected chi connectivity index (χ3v) is 6.05. The van der Waals surface area contributed by atoms with Crippen molar-refractivity contribution < 1.29 is 9.53 Å². The number of para-hydroxylation sites is 1. The van der Waals surface area contributed by atoms with Crippen LogP contribution in [0.3, 0.4) is 0 Å². The summed E-state index contributed by atoms with van der Waals surface area (Å²) in [5.41, 5.74) is 3.52. The number of amides is 1. The predicted octanol–water partition coefficient (Wildman–Crippen LogP) is 5.93. The van der Waals surface area contributed by atoms with Gasteiger partial charge in [-0.1, -0.05) is 71.8 Å². The fourth-order valence-electron chi connectivity index (χ4n) is 3.82. The molecule has 0 unspecified atom stereocenters. The minimum Gasteiger partial charge on any atom is -0.482 e. The van der Waals surface area contributed by atoms with E-state index in [1.165, 1.54) is 10.9 Å². The Bertz CT molecular complexity index is 1700. The molecule has 0 saturated carbocycles. The van der Waals surface area contributed by atoms with Crippen LogP contribution in [0.2, 0.25) is 5.02 Å². The molecule has 1 heterocycles. The number of hydrogen-bond acceptors (Lipinski definition) is 5. The van der Waals surface area contributed by atoms with Gasteiger partial charge < -0.3 is 10.1 Å². The maximum atomic E-state index is 13.3. The van der Waals surface area contributed by atoms with Crippen molar-refractivity contribution >= 4 is 40.3 Å². The Hall–Kier alpha value is -4.75. The molecule has 5 rings (SSSR count). The molecular weight excluding hydrogens is 500 g/mol. The van der Waals surface area contributed by atoms with Gasteiger partial charge in [-0.25, -0.2) is 4.98 Å². The zero-order valence-corrected chi connectivity index (χ0v) is 21.2. The molecule has 188 valence electrons. The SMILES string of the molecule is Cc1ccc(NC(=O)COc2ccc(C=Nn3c(-c4ccccc4)nc4ccccc4c3=O)cc2Cl)cc1. The van der Waals surface area contributed by atoms with Gasteiger partial charge in [0.2, 0.25) is 0 Å². The number of anilines is 1. The molecular formula is C30H23ClN4O3. The topological polar surface area (TPSA) is 85.6 Å². The summed E-state index contributed by atoms with van der Waals surface area (Å²) >= 11 is 6.41. The molecule has 0 aliphatic rings. The van der Waals surface area contributed by atoms with E-state index in [0.29, 0.717) is 38.8 Å². The van der Waals surface area contributed by atoms with Gasteiger partial charge in [-0.05, 0) is 55.0 Å². The molecule has 5 aromatic rings. The lowest BCUT2D eigenvalue weighted by Crippen LogP contribution is -2.20. The van der Waals surface area contributed by atoms with Crippen LogP contribution >= 0.6 is 11.6 Å². The van der Waals surface area contributed by atoms with Gasteiger partial charge in [-0.3, -0.25) is 9.59 Å². The molecule has 0 atom stereocenters. The number of halogens is 1. The summed E-state index contributed by atoms with van der Waals surface area (Å²) in [4.78, 5) is 30.2. The highest BCUT2D eigenvalue weighted by Crippen LogP contribution is 2.25. The van der Waals surface area contributed by atoms with Gasteiger partial charge in [0.05, 0.1) is 22.1 Å². The quantitative estimate of drug-likeness (QED) is 0.269. The summed E-state index contributed by atoms with van der Waals surface area (Å²) in [6.07, 6.45) is 1.53. The summed E-state index contributed by atoms with van der Waals surface area (Å²) in [6, 6.07) is 29.1. The highest BCUT2D eigenvalue weighted by atomic mass is 35.5. The molecule has 4 aromatic carbocycles. The smallest absolute Gasteiger partial charge is 0.282 e. The maximum Gasteiger partial charge on any atom is 0.282 e. The number of nitrogens with zero attached hydrogens (tertiary/aromatic N) is 3. The Morgan fingerprint density at radius 3 is 2.50 bits per heavy atom. The number of hydrogen-bond donors (Lipinski definition) is 1. The molecule has 1 aromatic heterocycles. The van der Waals surface area contributed by atoms with Crippen molar-refractivity contribution in [2.45, 2.75) is 6.92 Å². The van der Waals surface area contributed by atoms with E-state index in [0.717, 1.165) is 11.1 Å². The maximum absolute atomic E-state index is 13.3. The van der Waals surface area contributed by atoms with Crippen LogP contribution in [0.4, 0.5) is 5.69 Å². The second-order valence-corrected chi connectivity index (χ2v) is 8.98. The Kier molecular flexibility index (Phi) is 7.28. The lowest BCUT2D eigenvalue weighted by atomic mass is 10.2. The van der Waals surface area contributed by atoms with E-state index in [4.69, 9.17) is 21.3 Å². The molecule has 0 bridgehead atoms. The van der Waals surface area contributed by atoms with Crippen LogP contribution in [-0.2, 0) is 4.79 Å². The first-order valence-electron chi connectivity index (χ1n) is 11.9. The Balaban J connectivity index is 1.36. The highest BCUT2D eigenvalue weighted by molar-refractivity contribution is 6.32. The van der Waals surface area contributed by atoms with E-state index in [9.17, 15) is 9.59 Å². The molecule has 1 amide bonds. The lowest BCUT2D eigenvalue weighted by Gasteiger charge is -2.10. The van der Waals surface area contributed by atoms with Gasteiger partial charge in [-0.2, -0.15) is 9.78 Å². The number of ether oxygens (including phenoxy) is 1. The first kappa shape index (κ1) is 24.9. The predicted molar refractivity (Wildman–Crippen MR) is 151 cm³/mol. The molecule has 38 heavy (non-hydrogen) atoms. The van der Waals surface area contributed by atoms with Crippen LogP contribution in [0.5, 0.6) is 5.75 Å². The van der Waals surface area contributed by atoms with Crippen LogP contribution in [-0.4, -0.2) is 28.4 Å². The molecule has 0 saturated heterocycles. The van der Waals surface area contributed by atoms with Crippen LogP contribution < -0.4 is 15.6 Å². The van der Waals surface area contributed by atoms with Crippen molar-refractivity contribution in [3.05, 3.63) is 124 Å². The molecule has 0 spiro atoms. The highest BCUT2D eigenvalue weighted by Gasteiger charge is 2.12. The number of carbonyl (C=O) groups is 1. The largest absolute Gasteiger partial charge is 0.482 e. The van der Waals surface area contributed by atoms with E-state index in [-0.39, 0.29) is 18.1 Å². The Morgan fingerprint density at radius 2 is 1.74 bits per heavy atom. The van der Waals surface area contributed by atoms with Gasteiger partial charge in [0.1, 0.15) is 5.75 Å². The molecule has 7 nitrogen and oxygen atoms in total. The lowest BCUT2D eigenvalue weighted by molar-refractivity contribution is -0.118. The second-order valence-electron chi connectivity index (χ2n) is 8.57. The van der Waals surface area contributed by atoms with E-state index in [1.54, 1.807) is 36.4 Å². The molecule has 0 fully saturated rings. The number of fused-ring (bicyclic) bond motifs is 1. The number of aromatic nitrogens is 2. The average Bonchev–Trinajstić information content (AvgIpc) is 2.94. The summed E-state index contributed by atoms with van der Waals surface area (Å²) in [5, 5.41) is 8.01. The van der Waals surface area contributed by atoms with E-state index in [1.807, 2.05) is 67.6 Å². The van der Waals surface area contributed by atoms with E-state index < -0.39 is 0 Å². The molecule has 0 aliphatic carbocycles. The summed E-state index contributed by atoms with van der Waals surface area (Å²) in [5.74, 6) is 0.487. The zero-order chi connectivity index (χ0) is 26.5. The number of carbonyl (C=O) groups excluding carboxylic acids is 1. The van der Waals surface area contributed by atoms with Gasteiger partial charge in [0.25, 0.3) is 11.5 Å². The summed E-state index contributed by atoms with van der Waals surface area (Å²) < 4.78 is 6.89. The molecule has 0 aliphatic heterocycles. The van der Waals surface area contributed by atoms with Crippen molar-refractivity contribution in [2.75, 3.05) is 11.9 Å². The summed E-state index contributed by atoms with van der Waals surface area (Å²) in [7, 11) is 0. The fourth-order valence-corrected chi connectivity index (χ4v) is 4.06. The van der Waals surface area contributed by atoms with Crippen molar-refractivity contribution in [1.82, 2.24) is 9.66 Å². The normalized spacial score (nSPS) is 11.1. The minimum absolute atomic E-state index is 0.195. The zero-order valence-electron chi connectivity index (χ0n) is 20.5. The Labute approximate surface area is 224 Å². The first-order valence-corrected chi connectivity index (χ1v) is 12.3. The van der Waals surface area contributed by atoms with Crippen molar-refractivity contribution in [3.8, 4) is 17.1 Å². The number of nitrogens with one attached hydrogen (secondary N) is 1. The standard InChI is InChI=1S/C30H23ClN4O3/c1-20-11-14-23(15-12-20)33-28(36)19-38-27-16-13-21(17-25(27)31)18-32-35-29(22-7-3-2-4-8-22)34-26-10-6-5-9-24(26)30(35)37/h2-18H,19H2,1H3,(H,33,36). The number of benzene rings is 4. The Morgan fingerprint density at radius 1 is 1.00 bits per heavy atom. The van der Waals surface area contributed by atoms with Crippen LogP contribution in [0, 0.1) is 6.92 Å². The van der Waals surface area contributed by atoms with Crippen molar-refractivity contribution in [3.63, 3.8) is 0 Å².